The third kappa shape index (κ3) is 5.97. The maximum absolute atomic E-state index is 10.5. The van der Waals surface area contributed by atoms with Crippen molar-refractivity contribution in [3.8, 4) is 0 Å². The molecule has 1 aromatic rings. The van der Waals surface area contributed by atoms with Crippen molar-refractivity contribution < 1.29 is 90.2 Å². The van der Waals surface area contributed by atoms with Crippen LogP contribution in [0.1, 0.15) is 11.0 Å². The van der Waals surface area contributed by atoms with Gasteiger partial charge in [0, 0.05) is 0 Å². The van der Waals surface area contributed by atoms with Gasteiger partial charge in [0.1, 0.15) is 20.2 Å². The molecule has 0 saturated heterocycles. The molecule has 11 heteroatoms. The van der Waals surface area contributed by atoms with Crippen molar-refractivity contribution in [3.05, 3.63) is 29.8 Å². The van der Waals surface area contributed by atoms with Gasteiger partial charge in [-0.15, -0.1) is 0 Å². The van der Waals surface area contributed by atoms with Crippen LogP contribution < -0.4 is 59.1 Å². The van der Waals surface area contributed by atoms with Crippen molar-refractivity contribution in [3.63, 3.8) is 0 Å². The van der Waals surface area contributed by atoms with E-state index in [0.717, 1.165) is 24.3 Å². The SMILES string of the molecule is O=S(=O)([O-])c1ccc(C(O)S(=O)(=O)[O-])cc1.[Na+].[Na+]. The summed E-state index contributed by atoms with van der Waals surface area (Å²) in [4.78, 5) is -0.577. The maximum Gasteiger partial charge on any atom is 1.00 e. The molecule has 0 amide bonds. The third-order valence-electron chi connectivity index (χ3n) is 1.73. The maximum atomic E-state index is 10.5. The zero-order valence-electron chi connectivity index (χ0n) is 9.60. The van der Waals surface area contributed by atoms with Crippen LogP contribution in [0.15, 0.2) is 29.2 Å². The van der Waals surface area contributed by atoms with Gasteiger partial charge in [-0.25, -0.2) is 16.8 Å². The summed E-state index contributed by atoms with van der Waals surface area (Å²) in [5.41, 5.74) is -2.58. The van der Waals surface area contributed by atoms with E-state index in [9.17, 15) is 25.9 Å². The first-order chi connectivity index (χ1) is 7.12. The molecule has 1 N–H and O–H groups in total. The van der Waals surface area contributed by atoms with Crippen LogP contribution >= 0.6 is 0 Å². The molecule has 0 aliphatic rings. The van der Waals surface area contributed by atoms with Gasteiger partial charge in [0.25, 0.3) is 0 Å². The molecule has 1 rings (SSSR count). The number of hydrogen-bond acceptors (Lipinski definition) is 7. The smallest absolute Gasteiger partial charge is 0.746 e. The van der Waals surface area contributed by atoms with E-state index >= 15 is 0 Å². The molecule has 1 atom stereocenters. The van der Waals surface area contributed by atoms with Crippen molar-refractivity contribution in [2.75, 3.05) is 0 Å². The zero-order chi connectivity index (χ0) is 12.6. The van der Waals surface area contributed by atoms with Crippen LogP contribution in [0.25, 0.3) is 0 Å². The first-order valence-electron chi connectivity index (χ1n) is 3.81. The predicted octanol–water partition coefficient (Wildman–Crippen LogP) is -6.87. The van der Waals surface area contributed by atoms with E-state index in [1.165, 1.54) is 0 Å². The van der Waals surface area contributed by atoms with Crippen molar-refractivity contribution >= 4 is 20.2 Å². The number of rotatable bonds is 3. The molecule has 1 aromatic carbocycles. The predicted molar refractivity (Wildman–Crippen MR) is 49.1 cm³/mol. The van der Waals surface area contributed by atoms with Crippen molar-refractivity contribution in [1.29, 1.82) is 0 Å². The van der Waals surface area contributed by atoms with Gasteiger partial charge in [-0.1, -0.05) is 12.1 Å². The first-order valence-corrected chi connectivity index (χ1v) is 6.69. The van der Waals surface area contributed by atoms with E-state index in [1.807, 2.05) is 0 Å². The Morgan fingerprint density at radius 2 is 1.33 bits per heavy atom. The average molecular weight is 312 g/mol. The second kappa shape index (κ2) is 7.70. The summed E-state index contributed by atoms with van der Waals surface area (Å²) in [6.45, 7) is 0. The molecule has 1 unspecified atom stereocenters. The Hall–Kier alpha value is 1.000. The van der Waals surface area contributed by atoms with Gasteiger partial charge in [0.05, 0.1) is 4.90 Å². The molecule has 90 valence electrons. The Labute approximate surface area is 149 Å². The van der Waals surface area contributed by atoms with Gasteiger partial charge in [-0.05, 0) is 17.7 Å². The summed E-state index contributed by atoms with van der Waals surface area (Å²) in [7, 11) is -9.57. The fraction of sp³-hybridized carbons (Fsp3) is 0.143. The Kier molecular flexibility index (Phi) is 9.11. The largest absolute Gasteiger partial charge is 1.00 e. The number of hydrogen-bond donors (Lipinski definition) is 1. The quantitative estimate of drug-likeness (QED) is 0.433. The zero-order valence-corrected chi connectivity index (χ0v) is 15.2. The van der Waals surface area contributed by atoms with E-state index in [4.69, 9.17) is 5.11 Å². The second-order valence-corrected chi connectivity index (χ2v) is 5.68. The summed E-state index contributed by atoms with van der Waals surface area (Å²) in [6.07, 6.45) is 0. The van der Waals surface area contributed by atoms with Gasteiger partial charge in [-0.2, -0.15) is 0 Å². The molecule has 0 aliphatic carbocycles. The summed E-state index contributed by atoms with van der Waals surface area (Å²) < 4.78 is 62.8. The summed E-state index contributed by atoms with van der Waals surface area (Å²) in [5.74, 6) is 0. The van der Waals surface area contributed by atoms with E-state index in [0.29, 0.717) is 0 Å². The van der Waals surface area contributed by atoms with Gasteiger partial charge in [-0.3, -0.25) is 0 Å². The number of aliphatic hydroxyl groups excluding tert-OH is 1. The minimum absolute atomic E-state index is 0. The molecule has 0 radical (unpaired) electrons. The summed E-state index contributed by atoms with van der Waals surface area (Å²) in [5, 5.41) is 9.02. The van der Waals surface area contributed by atoms with E-state index < -0.39 is 30.6 Å². The molecule has 0 heterocycles. The van der Waals surface area contributed by atoms with Crippen molar-refractivity contribution in [1.82, 2.24) is 0 Å². The van der Waals surface area contributed by atoms with Crippen molar-refractivity contribution in [2.24, 2.45) is 0 Å². The Morgan fingerprint density at radius 1 is 0.944 bits per heavy atom. The summed E-state index contributed by atoms with van der Waals surface area (Å²) >= 11 is 0. The van der Waals surface area contributed by atoms with Gasteiger partial charge in [0.2, 0.25) is 0 Å². The average Bonchev–Trinajstić information content (AvgIpc) is 2.14. The van der Waals surface area contributed by atoms with E-state index in [2.05, 4.69) is 0 Å². The fourth-order valence-electron chi connectivity index (χ4n) is 0.966. The molecule has 0 spiro atoms. The molecule has 0 aliphatic heterocycles. The molecule has 0 aromatic heterocycles. The Morgan fingerprint density at radius 3 is 1.61 bits per heavy atom. The van der Waals surface area contributed by atoms with Crippen LogP contribution in [-0.2, 0) is 20.2 Å². The molecular formula is C7H6Na2O7S2. The minimum Gasteiger partial charge on any atom is -0.746 e. The molecule has 0 fully saturated rings. The Bertz CT molecular complexity index is 579. The fourth-order valence-corrected chi connectivity index (χ4v) is 1.93. The van der Waals surface area contributed by atoms with Gasteiger partial charge in [0.15, 0.2) is 5.44 Å². The van der Waals surface area contributed by atoms with Crippen LogP contribution in [0.4, 0.5) is 0 Å². The standard InChI is InChI=1S/C7H8O7S2.2Na/c8-7(16(12,13)14)5-1-3-6(4-2-5)15(9,10)11;;/h1-4,7-8H,(H,9,10,11)(H,12,13,14);;/q;2*+1/p-2. The minimum atomic E-state index is -4.93. The van der Waals surface area contributed by atoms with Crippen LogP contribution in [0.2, 0.25) is 0 Å². The normalized spacial score (nSPS) is 13.1. The number of benzene rings is 1. The van der Waals surface area contributed by atoms with E-state index in [1.54, 1.807) is 0 Å². The van der Waals surface area contributed by atoms with Crippen LogP contribution in [-0.4, -0.2) is 31.0 Å². The Balaban J connectivity index is 0. The molecule has 0 saturated carbocycles. The monoisotopic (exact) mass is 312 g/mol. The van der Waals surface area contributed by atoms with Gasteiger partial charge < -0.3 is 14.2 Å². The second-order valence-electron chi connectivity index (χ2n) is 2.87. The van der Waals surface area contributed by atoms with E-state index in [-0.39, 0.29) is 64.7 Å². The molecule has 0 bridgehead atoms. The third-order valence-corrected chi connectivity index (χ3v) is 3.40. The topological polar surface area (TPSA) is 135 Å². The molecular weight excluding hydrogens is 306 g/mol. The van der Waals surface area contributed by atoms with Gasteiger partial charge >= 0.3 is 59.1 Å². The first kappa shape index (κ1) is 21.3. The van der Waals surface area contributed by atoms with Crippen LogP contribution in [0.5, 0.6) is 0 Å². The summed E-state index contributed by atoms with van der Waals surface area (Å²) in [6, 6.07) is 3.38. The van der Waals surface area contributed by atoms with Crippen molar-refractivity contribution in [2.45, 2.75) is 10.3 Å². The number of aliphatic hydroxyl groups is 1. The van der Waals surface area contributed by atoms with Crippen LogP contribution in [0, 0.1) is 0 Å². The molecule has 7 nitrogen and oxygen atoms in total. The van der Waals surface area contributed by atoms with Crippen LogP contribution in [0.3, 0.4) is 0 Å². The molecule has 18 heavy (non-hydrogen) atoms.